The zero-order valence-electron chi connectivity index (χ0n) is 8.48. The Kier molecular flexibility index (Phi) is 5.75. The fourth-order valence-corrected chi connectivity index (χ4v) is 1.38. The van der Waals surface area contributed by atoms with E-state index in [-0.39, 0.29) is 23.5 Å². The lowest BCUT2D eigenvalue weighted by atomic mass is 9.98. The first-order valence-electron chi connectivity index (χ1n) is 4.49. The summed E-state index contributed by atoms with van der Waals surface area (Å²) in [5.41, 5.74) is 11.3. The lowest BCUT2D eigenvalue weighted by molar-refractivity contribution is 0.418. The zero-order valence-corrected chi connectivity index (χ0v) is 9.30. The average Bonchev–Trinajstić information content (AvgIpc) is 2.22. The molecule has 0 aliphatic carbocycles. The molecule has 0 unspecified atom stereocenters. The van der Waals surface area contributed by atoms with E-state index in [2.05, 4.69) is 0 Å². The van der Waals surface area contributed by atoms with Crippen molar-refractivity contribution in [2.75, 3.05) is 6.54 Å². The summed E-state index contributed by atoms with van der Waals surface area (Å²) in [5, 5.41) is 18.2. The highest BCUT2D eigenvalue weighted by Gasteiger charge is 2.18. The third-order valence-corrected chi connectivity index (χ3v) is 2.14. The summed E-state index contributed by atoms with van der Waals surface area (Å²) in [4.78, 5) is 0. The van der Waals surface area contributed by atoms with E-state index in [4.69, 9.17) is 16.7 Å². The molecule has 0 saturated heterocycles. The molecule has 0 aromatic heterocycles. The van der Waals surface area contributed by atoms with Crippen LogP contribution in [0.5, 0.6) is 5.75 Å². The number of hydrogen-bond donors (Lipinski definition) is 3. The topological polar surface area (TPSA) is 96.1 Å². The van der Waals surface area contributed by atoms with Crippen molar-refractivity contribution in [3.8, 4) is 11.8 Å². The Morgan fingerprint density at radius 3 is 2.62 bits per heavy atom. The molecule has 0 heterocycles. The largest absolute Gasteiger partial charge is 0.505 e. The van der Waals surface area contributed by atoms with Gasteiger partial charge in [0.05, 0.1) is 11.6 Å². The molecule has 16 heavy (non-hydrogen) atoms. The Balaban J connectivity index is 0.00000225. The molecular weight excluding hydrogens is 233 g/mol. The SMILES string of the molecule is Cl.N#Cc1ccc(F)c(O)c1[C@H](N)CCN. The number of phenols is 1. The van der Waals surface area contributed by atoms with Crippen molar-refractivity contribution in [2.24, 2.45) is 11.5 Å². The Bertz CT molecular complexity index is 406. The summed E-state index contributed by atoms with van der Waals surface area (Å²) in [6.45, 7) is 0.308. The minimum atomic E-state index is -0.781. The van der Waals surface area contributed by atoms with Crippen LogP contribution < -0.4 is 11.5 Å². The van der Waals surface area contributed by atoms with Gasteiger partial charge in [-0.1, -0.05) is 0 Å². The maximum atomic E-state index is 13.0. The maximum Gasteiger partial charge on any atom is 0.165 e. The summed E-state index contributed by atoms with van der Waals surface area (Å²) in [5.74, 6) is -1.34. The fourth-order valence-electron chi connectivity index (χ4n) is 1.38. The molecule has 4 nitrogen and oxygen atoms in total. The predicted octanol–water partition coefficient (Wildman–Crippen LogP) is 1.17. The molecule has 0 radical (unpaired) electrons. The lowest BCUT2D eigenvalue weighted by Crippen LogP contribution is -2.17. The van der Waals surface area contributed by atoms with Crippen LogP contribution in [0.2, 0.25) is 0 Å². The highest BCUT2D eigenvalue weighted by Crippen LogP contribution is 2.30. The normalized spacial score (nSPS) is 11.4. The summed E-state index contributed by atoms with van der Waals surface area (Å²) < 4.78 is 13.0. The summed E-state index contributed by atoms with van der Waals surface area (Å²) >= 11 is 0. The lowest BCUT2D eigenvalue weighted by Gasteiger charge is -2.14. The Morgan fingerprint density at radius 1 is 1.50 bits per heavy atom. The van der Waals surface area contributed by atoms with Crippen molar-refractivity contribution in [2.45, 2.75) is 12.5 Å². The minimum absolute atomic E-state index is 0. The number of nitriles is 1. The van der Waals surface area contributed by atoms with Gasteiger partial charge in [-0.05, 0) is 25.1 Å². The van der Waals surface area contributed by atoms with Crippen LogP contribution in [0.25, 0.3) is 0 Å². The molecule has 0 aliphatic rings. The quantitative estimate of drug-likeness (QED) is 0.745. The highest BCUT2D eigenvalue weighted by molar-refractivity contribution is 5.85. The van der Waals surface area contributed by atoms with Crippen LogP contribution in [0.1, 0.15) is 23.6 Å². The van der Waals surface area contributed by atoms with Gasteiger partial charge in [-0.25, -0.2) is 4.39 Å². The Morgan fingerprint density at radius 2 is 2.12 bits per heavy atom. The molecule has 88 valence electrons. The molecule has 1 aromatic rings. The van der Waals surface area contributed by atoms with Crippen molar-refractivity contribution >= 4 is 12.4 Å². The standard InChI is InChI=1S/C10H12FN3O.ClH/c11-7-2-1-6(5-13)9(10(7)15)8(14)3-4-12;/h1-2,8,15H,3-4,12,14H2;1H/t8-;/m1./s1. The number of aromatic hydroxyl groups is 1. The van der Waals surface area contributed by atoms with Gasteiger partial charge in [-0.3, -0.25) is 0 Å². The van der Waals surface area contributed by atoms with E-state index in [0.29, 0.717) is 13.0 Å². The highest BCUT2D eigenvalue weighted by atomic mass is 35.5. The molecule has 1 aromatic carbocycles. The third kappa shape index (κ3) is 2.83. The van der Waals surface area contributed by atoms with Gasteiger partial charge in [0.25, 0.3) is 0 Å². The zero-order chi connectivity index (χ0) is 11.4. The van der Waals surface area contributed by atoms with Gasteiger partial charge >= 0.3 is 0 Å². The van der Waals surface area contributed by atoms with E-state index >= 15 is 0 Å². The van der Waals surface area contributed by atoms with Crippen LogP contribution in [0.4, 0.5) is 4.39 Å². The van der Waals surface area contributed by atoms with Gasteiger partial charge in [0.15, 0.2) is 11.6 Å². The smallest absolute Gasteiger partial charge is 0.165 e. The van der Waals surface area contributed by atoms with Gasteiger partial charge in [-0.2, -0.15) is 5.26 Å². The van der Waals surface area contributed by atoms with Gasteiger partial charge in [0.2, 0.25) is 0 Å². The van der Waals surface area contributed by atoms with Crippen LogP contribution in [-0.2, 0) is 0 Å². The first-order chi connectivity index (χ1) is 7.11. The van der Waals surface area contributed by atoms with Crippen molar-refractivity contribution in [3.05, 3.63) is 29.1 Å². The van der Waals surface area contributed by atoms with Crippen molar-refractivity contribution in [1.29, 1.82) is 5.26 Å². The van der Waals surface area contributed by atoms with Crippen molar-refractivity contribution in [3.63, 3.8) is 0 Å². The first-order valence-corrected chi connectivity index (χ1v) is 4.49. The van der Waals surface area contributed by atoms with Crippen LogP contribution in [-0.4, -0.2) is 11.7 Å². The second-order valence-corrected chi connectivity index (χ2v) is 3.15. The average molecular weight is 246 g/mol. The fraction of sp³-hybridized carbons (Fsp3) is 0.300. The second-order valence-electron chi connectivity index (χ2n) is 3.15. The molecule has 0 amide bonds. The molecule has 1 rings (SSSR count). The number of benzene rings is 1. The van der Waals surface area contributed by atoms with E-state index in [1.54, 1.807) is 0 Å². The number of phenolic OH excluding ortho intramolecular Hbond substituents is 1. The third-order valence-electron chi connectivity index (χ3n) is 2.14. The summed E-state index contributed by atoms with van der Waals surface area (Å²) in [7, 11) is 0. The van der Waals surface area contributed by atoms with E-state index in [0.717, 1.165) is 6.07 Å². The minimum Gasteiger partial charge on any atom is -0.505 e. The van der Waals surface area contributed by atoms with Crippen molar-refractivity contribution in [1.82, 2.24) is 0 Å². The molecule has 0 bridgehead atoms. The predicted molar refractivity (Wildman–Crippen MR) is 60.6 cm³/mol. The van der Waals surface area contributed by atoms with Gasteiger partial charge in [-0.15, -0.1) is 12.4 Å². The van der Waals surface area contributed by atoms with Crippen LogP contribution >= 0.6 is 12.4 Å². The molecule has 5 N–H and O–H groups in total. The van der Waals surface area contributed by atoms with Crippen LogP contribution in [0.3, 0.4) is 0 Å². The first kappa shape index (κ1) is 14.6. The molecule has 0 spiro atoms. The number of rotatable bonds is 3. The molecular formula is C10H13ClFN3O. The van der Waals surface area contributed by atoms with Gasteiger partial charge in [0, 0.05) is 11.6 Å². The van der Waals surface area contributed by atoms with E-state index in [1.165, 1.54) is 6.07 Å². The molecule has 0 fully saturated rings. The summed E-state index contributed by atoms with van der Waals surface area (Å²) in [6, 6.07) is 3.56. The second kappa shape index (κ2) is 6.28. The molecule has 1 atom stereocenters. The van der Waals surface area contributed by atoms with E-state index in [1.807, 2.05) is 6.07 Å². The van der Waals surface area contributed by atoms with Gasteiger partial charge in [0.1, 0.15) is 0 Å². The van der Waals surface area contributed by atoms with Gasteiger partial charge < -0.3 is 16.6 Å². The molecule has 0 aliphatic heterocycles. The number of halogens is 2. The molecule has 0 saturated carbocycles. The monoisotopic (exact) mass is 245 g/mol. The van der Waals surface area contributed by atoms with Crippen molar-refractivity contribution < 1.29 is 9.50 Å². The Hall–Kier alpha value is -1.35. The molecule has 6 heteroatoms. The number of nitrogens with two attached hydrogens (primary N) is 2. The summed E-state index contributed by atoms with van der Waals surface area (Å²) in [6.07, 6.45) is 0.381. The Labute approximate surface area is 99.1 Å². The van der Waals surface area contributed by atoms with Crippen LogP contribution in [0.15, 0.2) is 12.1 Å². The van der Waals surface area contributed by atoms with E-state index in [9.17, 15) is 9.50 Å². The van der Waals surface area contributed by atoms with E-state index < -0.39 is 17.6 Å². The number of nitrogens with zero attached hydrogens (tertiary/aromatic N) is 1. The maximum absolute atomic E-state index is 13.0. The number of hydrogen-bond acceptors (Lipinski definition) is 4. The van der Waals surface area contributed by atoms with Crippen LogP contribution in [0, 0.1) is 17.1 Å².